The van der Waals surface area contributed by atoms with Crippen LogP contribution < -0.4 is 5.32 Å². The van der Waals surface area contributed by atoms with Gasteiger partial charge in [0.15, 0.2) is 5.82 Å². The Balaban J connectivity index is 1.77. The molecule has 0 unspecified atom stereocenters. The molecule has 4 rings (SSSR count). The van der Waals surface area contributed by atoms with Gasteiger partial charge in [-0.05, 0) is 30.0 Å². The van der Waals surface area contributed by atoms with E-state index in [4.69, 9.17) is 9.51 Å². The quantitative estimate of drug-likeness (QED) is 0.488. The molecule has 2 heterocycles. The van der Waals surface area contributed by atoms with Gasteiger partial charge in [-0.25, -0.2) is 4.98 Å². The number of pyridine rings is 1. The first-order valence-electron chi connectivity index (χ1n) is 9.57. The third kappa shape index (κ3) is 3.90. The minimum atomic E-state index is -0.246. The number of para-hydroxylation sites is 1. The van der Waals surface area contributed by atoms with Crippen LogP contribution in [0.2, 0.25) is 0 Å². The van der Waals surface area contributed by atoms with Crippen molar-refractivity contribution in [3.8, 4) is 11.3 Å². The van der Waals surface area contributed by atoms with Gasteiger partial charge >= 0.3 is 0 Å². The number of carbonyl (C=O) groups excluding carboxylic acids is 1. The van der Waals surface area contributed by atoms with Crippen molar-refractivity contribution >= 4 is 22.6 Å². The van der Waals surface area contributed by atoms with Crippen LogP contribution in [-0.4, -0.2) is 16.0 Å². The normalized spacial score (nSPS) is 11.6. The second kappa shape index (κ2) is 7.17. The van der Waals surface area contributed by atoms with Crippen LogP contribution in [0.15, 0.2) is 65.2 Å². The maximum absolute atomic E-state index is 13.0. The summed E-state index contributed by atoms with van der Waals surface area (Å²) in [5.41, 5.74) is 4.37. The molecule has 0 aliphatic carbocycles. The van der Waals surface area contributed by atoms with Gasteiger partial charge < -0.3 is 9.84 Å². The first-order valence-corrected chi connectivity index (χ1v) is 9.57. The maximum Gasteiger partial charge on any atom is 0.257 e. The topological polar surface area (TPSA) is 68.0 Å². The number of carbonyl (C=O) groups is 1. The average Bonchev–Trinajstić information content (AvgIpc) is 3.11. The van der Waals surface area contributed by atoms with E-state index >= 15 is 0 Å². The Morgan fingerprint density at radius 3 is 2.38 bits per heavy atom. The number of nitrogens with one attached hydrogen (secondary N) is 1. The molecule has 0 atom stereocenters. The maximum atomic E-state index is 13.0. The molecular formula is C24H23N3O2. The van der Waals surface area contributed by atoms with Crippen molar-refractivity contribution in [1.82, 2.24) is 10.1 Å². The van der Waals surface area contributed by atoms with E-state index in [0.717, 1.165) is 22.2 Å². The van der Waals surface area contributed by atoms with Crippen LogP contribution >= 0.6 is 0 Å². The number of hydrogen-bond donors (Lipinski definition) is 1. The summed E-state index contributed by atoms with van der Waals surface area (Å²) in [5, 5.41) is 7.45. The summed E-state index contributed by atoms with van der Waals surface area (Å²) in [4.78, 5) is 17.8. The zero-order valence-electron chi connectivity index (χ0n) is 17.0. The molecule has 2 aromatic carbocycles. The average molecular weight is 385 g/mol. The Kier molecular flexibility index (Phi) is 4.66. The van der Waals surface area contributed by atoms with Crippen molar-refractivity contribution in [3.05, 3.63) is 77.6 Å². The van der Waals surface area contributed by atoms with E-state index in [1.807, 2.05) is 30.3 Å². The Bertz CT molecular complexity index is 1180. The molecule has 0 radical (unpaired) electrons. The second-order valence-corrected chi connectivity index (χ2v) is 8.18. The van der Waals surface area contributed by atoms with E-state index < -0.39 is 0 Å². The molecule has 29 heavy (non-hydrogen) atoms. The third-order valence-electron chi connectivity index (χ3n) is 4.88. The van der Waals surface area contributed by atoms with Gasteiger partial charge in [0.2, 0.25) is 0 Å². The first-order chi connectivity index (χ1) is 13.8. The van der Waals surface area contributed by atoms with Crippen molar-refractivity contribution in [2.24, 2.45) is 0 Å². The molecule has 1 amide bonds. The Labute approximate surface area is 169 Å². The molecule has 0 fully saturated rings. The lowest BCUT2D eigenvalue weighted by molar-refractivity contribution is 0.102. The fourth-order valence-corrected chi connectivity index (χ4v) is 3.26. The van der Waals surface area contributed by atoms with Crippen molar-refractivity contribution in [1.29, 1.82) is 0 Å². The van der Waals surface area contributed by atoms with E-state index in [1.165, 1.54) is 5.56 Å². The van der Waals surface area contributed by atoms with Gasteiger partial charge in [-0.1, -0.05) is 68.4 Å². The molecule has 0 saturated heterocycles. The number of fused-ring (bicyclic) bond motifs is 1. The van der Waals surface area contributed by atoms with Crippen molar-refractivity contribution in [2.75, 3.05) is 5.32 Å². The van der Waals surface area contributed by atoms with Gasteiger partial charge in [0.25, 0.3) is 5.91 Å². The molecule has 0 bridgehead atoms. The van der Waals surface area contributed by atoms with Gasteiger partial charge in [-0.3, -0.25) is 4.79 Å². The number of hydrogen-bond acceptors (Lipinski definition) is 4. The molecule has 2 aromatic heterocycles. The number of nitrogens with zero attached hydrogens (tertiary/aromatic N) is 2. The van der Waals surface area contributed by atoms with E-state index in [-0.39, 0.29) is 11.3 Å². The van der Waals surface area contributed by atoms with Crippen LogP contribution in [0.3, 0.4) is 0 Å². The number of anilines is 1. The smallest absolute Gasteiger partial charge is 0.257 e. The molecule has 4 aromatic rings. The standard InChI is InChI=1S/C24H23N3O2/c1-15-13-22(27-29-15)26-23(28)19-14-21(25-20-8-6-5-7-18(19)20)16-9-11-17(12-10-16)24(2,3)4/h5-14H,1-4H3,(H,26,27,28). The molecule has 1 N–H and O–H groups in total. The molecule has 0 aliphatic heterocycles. The molecule has 5 heteroatoms. The molecule has 0 saturated carbocycles. The first kappa shape index (κ1) is 18.9. The molecule has 146 valence electrons. The summed E-state index contributed by atoms with van der Waals surface area (Å²) >= 11 is 0. The van der Waals surface area contributed by atoms with Crippen LogP contribution in [0.4, 0.5) is 5.82 Å². The van der Waals surface area contributed by atoms with E-state index in [0.29, 0.717) is 17.1 Å². The minimum Gasteiger partial charge on any atom is -0.360 e. The highest BCUT2D eigenvalue weighted by atomic mass is 16.5. The van der Waals surface area contributed by atoms with E-state index in [2.05, 4.69) is 55.5 Å². The van der Waals surface area contributed by atoms with Crippen LogP contribution in [0.25, 0.3) is 22.2 Å². The number of amides is 1. The Hall–Kier alpha value is -3.47. The molecular weight excluding hydrogens is 362 g/mol. The zero-order valence-corrected chi connectivity index (χ0v) is 17.0. The predicted molar refractivity (Wildman–Crippen MR) is 115 cm³/mol. The van der Waals surface area contributed by atoms with Crippen molar-refractivity contribution in [3.63, 3.8) is 0 Å². The second-order valence-electron chi connectivity index (χ2n) is 8.18. The summed E-state index contributed by atoms with van der Waals surface area (Å²) in [6.07, 6.45) is 0. The highest BCUT2D eigenvalue weighted by molar-refractivity contribution is 6.12. The summed E-state index contributed by atoms with van der Waals surface area (Å²) in [6.45, 7) is 8.34. The predicted octanol–water partition coefficient (Wildman–Crippen LogP) is 5.75. The molecule has 0 aliphatic rings. The number of benzene rings is 2. The lowest BCUT2D eigenvalue weighted by atomic mass is 9.86. The van der Waals surface area contributed by atoms with Crippen LogP contribution in [0, 0.1) is 6.92 Å². The van der Waals surface area contributed by atoms with Crippen molar-refractivity contribution < 1.29 is 9.32 Å². The largest absolute Gasteiger partial charge is 0.360 e. The monoisotopic (exact) mass is 385 g/mol. The minimum absolute atomic E-state index is 0.0795. The summed E-state index contributed by atoms with van der Waals surface area (Å²) < 4.78 is 5.04. The van der Waals surface area contributed by atoms with Crippen LogP contribution in [0.5, 0.6) is 0 Å². The van der Waals surface area contributed by atoms with Crippen LogP contribution in [-0.2, 0) is 5.41 Å². The summed E-state index contributed by atoms with van der Waals surface area (Å²) in [5.74, 6) is 0.786. The lowest BCUT2D eigenvalue weighted by Gasteiger charge is -2.19. The zero-order chi connectivity index (χ0) is 20.6. The number of aryl methyl sites for hydroxylation is 1. The third-order valence-corrected chi connectivity index (χ3v) is 4.88. The highest BCUT2D eigenvalue weighted by Crippen LogP contribution is 2.28. The summed E-state index contributed by atoms with van der Waals surface area (Å²) in [6, 6.07) is 19.5. The van der Waals surface area contributed by atoms with Gasteiger partial charge in [0.1, 0.15) is 5.76 Å². The molecule has 0 spiro atoms. The van der Waals surface area contributed by atoms with Gasteiger partial charge in [0.05, 0.1) is 16.8 Å². The molecule has 5 nitrogen and oxygen atoms in total. The highest BCUT2D eigenvalue weighted by Gasteiger charge is 2.17. The summed E-state index contributed by atoms with van der Waals surface area (Å²) in [7, 11) is 0. The fraction of sp³-hybridized carbons (Fsp3) is 0.208. The van der Waals surface area contributed by atoms with Gasteiger partial charge in [-0.2, -0.15) is 0 Å². The Morgan fingerprint density at radius 2 is 1.72 bits per heavy atom. The van der Waals surface area contributed by atoms with Gasteiger partial charge in [0, 0.05) is 17.0 Å². The fourth-order valence-electron chi connectivity index (χ4n) is 3.26. The Morgan fingerprint density at radius 1 is 1.00 bits per heavy atom. The van der Waals surface area contributed by atoms with E-state index in [9.17, 15) is 4.79 Å². The number of aromatic nitrogens is 2. The van der Waals surface area contributed by atoms with Crippen LogP contribution in [0.1, 0.15) is 42.5 Å². The van der Waals surface area contributed by atoms with Crippen molar-refractivity contribution in [2.45, 2.75) is 33.1 Å². The number of rotatable bonds is 3. The van der Waals surface area contributed by atoms with E-state index in [1.54, 1.807) is 13.0 Å². The lowest BCUT2D eigenvalue weighted by Crippen LogP contribution is -2.13. The van der Waals surface area contributed by atoms with Gasteiger partial charge in [-0.15, -0.1) is 0 Å². The SMILES string of the molecule is Cc1cc(NC(=O)c2cc(-c3ccc(C(C)(C)C)cc3)nc3ccccc23)no1.